The molecular weight excluding hydrogens is 576 g/mol. The van der Waals surface area contributed by atoms with Crippen molar-refractivity contribution in [1.82, 2.24) is 20.3 Å². The number of carbonyl (C=O) groups is 3. The van der Waals surface area contributed by atoms with E-state index in [0.717, 1.165) is 5.56 Å². The summed E-state index contributed by atoms with van der Waals surface area (Å²) in [5.41, 5.74) is 0.423. The molecule has 3 atom stereocenters. The van der Waals surface area contributed by atoms with Crippen molar-refractivity contribution < 1.29 is 22.8 Å². The molecule has 0 saturated carbocycles. The normalized spacial score (nSPS) is 14.9. The van der Waals surface area contributed by atoms with Crippen molar-refractivity contribution in [2.45, 2.75) is 90.7 Å². The van der Waals surface area contributed by atoms with Crippen LogP contribution >= 0.6 is 0 Å². The maximum atomic E-state index is 14.1. The molecule has 0 aliphatic heterocycles. The molecule has 3 N–H and O–H groups in total. The highest BCUT2D eigenvalue weighted by atomic mass is 32.2. The van der Waals surface area contributed by atoms with Crippen LogP contribution in [0.2, 0.25) is 0 Å². The maximum absolute atomic E-state index is 14.1. The molecule has 0 saturated heterocycles. The second-order valence-electron chi connectivity index (χ2n) is 13.4. The SMILES string of the molecule is CN[C@H](C(=O)N[C@H](C(=O)N(C)[C@H](C=C(C)C(=O)NS(=O)(=O)c1ccccc1C)C(C)C)C(C)(C)C)C(C)(C)c1ccccc1. The summed E-state index contributed by atoms with van der Waals surface area (Å²) < 4.78 is 28.0. The first-order valence-corrected chi connectivity index (χ1v) is 16.3. The molecule has 0 aliphatic rings. The van der Waals surface area contributed by atoms with Crippen molar-refractivity contribution in [1.29, 1.82) is 0 Å². The second-order valence-corrected chi connectivity index (χ2v) is 15.0. The van der Waals surface area contributed by atoms with Gasteiger partial charge in [0.2, 0.25) is 11.8 Å². The van der Waals surface area contributed by atoms with E-state index in [4.69, 9.17) is 0 Å². The van der Waals surface area contributed by atoms with Gasteiger partial charge in [-0.25, -0.2) is 13.1 Å². The predicted molar refractivity (Wildman–Crippen MR) is 175 cm³/mol. The quantitative estimate of drug-likeness (QED) is 0.302. The van der Waals surface area contributed by atoms with Crippen molar-refractivity contribution in [2.75, 3.05) is 14.1 Å². The molecule has 0 fully saturated rings. The van der Waals surface area contributed by atoms with Gasteiger partial charge in [-0.3, -0.25) is 14.4 Å². The van der Waals surface area contributed by atoms with Crippen molar-refractivity contribution in [3.05, 3.63) is 77.4 Å². The molecule has 0 unspecified atom stereocenters. The lowest BCUT2D eigenvalue weighted by Gasteiger charge is -2.40. The van der Waals surface area contributed by atoms with E-state index in [0.29, 0.717) is 5.56 Å². The van der Waals surface area contributed by atoms with Gasteiger partial charge in [0, 0.05) is 18.0 Å². The number of nitrogens with zero attached hydrogens (tertiary/aromatic N) is 1. The summed E-state index contributed by atoms with van der Waals surface area (Å²) in [6, 6.07) is 14.1. The summed E-state index contributed by atoms with van der Waals surface area (Å²) in [6.07, 6.45) is 1.60. The van der Waals surface area contributed by atoms with Crippen LogP contribution in [0.25, 0.3) is 0 Å². The Morgan fingerprint density at radius 2 is 1.43 bits per heavy atom. The zero-order valence-electron chi connectivity index (χ0n) is 28.0. The number of rotatable bonds is 12. The molecule has 0 radical (unpaired) electrons. The fraction of sp³-hybridized carbons (Fsp3) is 0.500. The zero-order valence-corrected chi connectivity index (χ0v) is 28.8. The third-order valence-electron chi connectivity index (χ3n) is 8.06. The van der Waals surface area contributed by atoms with Gasteiger partial charge in [0.15, 0.2) is 0 Å². The Bertz CT molecular complexity index is 1460. The molecule has 0 spiro atoms. The largest absolute Gasteiger partial charge is 0.342 e. The summed E-state index contributed by atoms with van der Waals surface area (Å²) in [5.74, 6) is -1.54. The third kappa shape index (κ3) is 8.79. The Kier molecular flexibility index (Phi) is 12.1. The third-order valence-corrected chi connectivity index (χ3v) is 9.55. The molecule has 0 heterocycles. The highest BCUT2D eigenvalue weighted by molar-refractivity contribution is 7.90. The molecule has 2 aromatic rings. The smallest absolute Gasteiger partial charge is 0.264 e. The molecular formula is C34H50N4O5S. The lowest BCUT2D eigenvalue weighted by Crippen LogP contribution is -2.61. The van der Waals surface area contributed by atoms with Crippen LogP contribution < -0.4 is 15.4 Å². The van der Waals surface area contributed by atoms with E-state index in [1.165, 1.54) is 17.9 Å². The van der Waals surface area contributed by atoms with E-state index in [1.807, 2.05) is 78.8 Å². The van der Waals surface area contributed by atoms with Crippen LogP contribution in [-0.2, 0) is 29.8 Å². The molecule has 0 bridgehead atoms. The number of hydrogen-bond donors (Lipinski definition) is 3. The fourth-order valence-corrected chi connectivity index (χ4v) is 6.54. The summed E-state index contributed by atoms with van der Waals surface area (Å²) in [4.78, 5) is 42.4. The molecule has 2 rings (SSSR count). The van der Waals surface area contributed by atoms with Crippen LogP contribution in [0.3, 0.4) is 0 Å². The van der Waals surface area contributed by atoms with Gasteiger partial charge in [0.25, 0.3) is 15.9 Å². The van der Waals surface area contributed by atoms with Crippen LogP contribution in [0, 0.1) is 18.3 Å². The molecule has 44 heavy (non-hydrogen) atoms. The summed E-state index contributed by atoms with van der Waals surface area (Å²) in [6.45, 7) is 16.6. The number of likely N-dealkylation sites (N-methyl/N-ethyl adjacent to an activating group) is 2. The van der Waals surface area contributed by atoms with Gasteiger partial charge < -0.3 is 15.5 Å². The van der Waals surface area contributed by atoms with Crippen molar-refractivity contribution in [3.63, 3.8) is 0 Å². The first-order valence-electron chi connectivity index (χ1n) is 14.9. The van der Waals surface area contributed by atoms with E-state index < -0.39 is 44.9 Å². The van der Waals surface area contributed by atoms with Crippen molar-refractivity contribution in [2.24, 2.45) is 11.3 Å². The lowest BCUT2D eigenvalue weighted by molar-refractivity contribution is -0.140. The summed E-state index contributed by atoms with van der Waals surface area (Å²) in [5, 5.41) is 6.16. The fourth-order valence-electron chi connectivity index (χ4n) is 5.28. The second kappa shape index (κ2) is 14.5. The molecule has 10 heteroatoms. The lowest BCUT2D eigenvalue weighted by atomic mass is 9.76. The van der Waals surface area contributed by atoms with Crippen LogP contribution in [0.5, 0.6) is 0 Å². The molecule has 0 aromatic heterocycles. The Balaban J connectivity index is 2.34. The topological polar surface area (TPSA) is 125 Å². The van der Waals surface area contributed by atoms with E-state index >= 15 is 0 Å². The Labute approximate surface area is 263 Å². The van der Waals surface area contributed by atoms with Gasteiger partial charge in [-0.05, 0) is 49.4 Å². The highest BCUT2D eigenvalue weighted by Gasteiger charge is 2.41. The average molecular weight is 627 g/mol. The Hall–Kier alpha value is -3.50. The monoisotopic (exact) mass is 626 g/mol. The van der Waals surface area contributed by atoms with Gasteiger partial charge in [-0.1, -0.05) is 103 Å². The van der Waals surface area contributed by atoms with Gasteiger partial charge in [0.05, 0.1) is 17.0 Å². The number of nitrogens with one attached hydrogen (secondary N) is 3. The van der Waals surface area contributed by atoms with E-state index in [2.05, 4.69) is 15.4 Å². The number of benzene rings is 2. The average Bonchev–Trinajstić information content (AvgIpc) is 2.93. The number of hydrogen-bond acceptors (Lipinski definition) is 6. The van der Waals surface area contributed by atoms with Crippen molar-refractivity contribution >= 4 is 27.7 Å². The Morgan fingerprint density at radius 3 is 1.93 bits per heavy atom. The number of amides is 3. The minimum atomic E-state index is -4.09. The zero-order chi connectivity index (χ0) is 33.6. The molecule has 242 valence electrons. The molecule has 3 amide bonds. The predicted octanol–water partition coefficient (Wildman–Crippen LogP) is 4.33. The molecule has 9 nitrogen and oxygen atoms in total. The van der Waals surface area contributed by atoms with Gasteiger partial charge >= 0.3 is 0 Å². The molecule has 0 aliphatic carbocycles. The number of aryl methyl sites for hydroxylation is 1. The maximum Gasteiger partial charge on any atom is 0.264 e. The van der Waals surface area contributed by atoms with E-state index in [1.54, 1.807) is 45.3 Å². The standard InChI is InChI=1S/C34H50N4O5S/c1-22(2)26(21-24(4)30(39)37-44(42,43)27-20-16-15-17-23(27)3)38(11)32(41)29(33(5,6)7)36-31(40)28(35-10)34(8,9)25-18-13-12-14-19-25/h12-22,26,28-29,35H,1-11H3,(H,36,40)(H,37,39)/t26-,28-,29-/m1/s1. The first kappa shape index (κ1) is 36.7. The van der Waals surface area contributed by atoms with Crippen LogP contribution in [-0.4, -0.2) is 63.3 Å². The summed E-state index contributed by atoms with van der Waals surface area (Å²) >= 11 is 0. The molecule has 2 aromatic carbocycles. The van der Waals surface area contributed by atoms with Crippen LogP contribution in [0.4, 0.5) is 0 Å². The Morgan fingerprint density at radius 1 is 0.886 bits per heavy atom. The van der Waals surface area contributed by atoms with Gasteiger partial charge in [0.1, 0.15) is 6.04 Å². The van der Waals surface area contributed by atoms with E-state index in [-0.39, 0.29) is 28.2 Å². The number of sulfonamides is 1. The van der Waals surface area contributed by atoms with Crippen molar-refractivity contribution in [3.8, 4) is 0 Å². The minimum absolute atomic E-state index is 0.0212. The minimum Gasteiger partial charge on any atom is -0.342 e. The van der Waals surface area contributed by atoms with E-state index in [9.17, 15) is 22.8 Å². The number of carbonyl (C=O) groups excluding carboxylic acids is 3. The first-order chi connectivity index (χ1) is 20.2. The van der Waals surface area contributed by atoms with Gasteiger partial charge in [-0.2, -0.15) is 0 Å². The van der Waals surface area contributed by atoms with Crippen LogP contribution in [0.15, 0.2) is 71.1 Å². The summed E-state index contributed by atoms with van der Waals surface area (Å²) in [7, 11) is -0.736. The van der Waals surface area contributed by atoms with Gasteiger partial charge in [-0.15, -0.1) is 0 Å². The van der Waals surface area contributed by atoms with Crippen LogP contribution in [0.1, 0.15) is 66.5 Å². The highest BCUT2D eigenvalue weighted by Crippen LogP contribution is 2.29.